The third kappa shape index (κ3) is 5.04. The molecule has 4 nitrogen and oxygen atoms in total. The summed E-state index contributed by atoms with van der Waals surface area (Å²) >= 11 is 0. The topological polar surface area (TPSA) is 58.2 Å². The first-order valence-electron chi connectivity index (χ1n) is 7.62. The van der Waals surface area contributed by atoms with Gasteiger partial charge in [0, 0.05) is 12.1 Å². The number of rotatable bonds is 8. The Labute approximate surface area is 117 Å². The first-order valence-corrected chi connectivity index (χ1v) is 9.28. The van der Waals surface area contributed by atoms with Crippen molar-refractivity contribution in [3.8, 4) is 0 Å². The van der Waals surface area contributed by atoms with Crippen molar-refractivity contribution in [2.45, 2.75) is 70.9 Å². The molecular formula is C14H28N2O2S. The molecule has 0 aromatic heterocycles. The highest BCUT2D eigenvalue weighted by atomic mass is 32.2. The zero-order chi connectivity index (χ0) is 13.9. The summed E-state index contributed by atoms with van der Waals surface area (Å²) in [4.78, 5) is 0. The minimum atomic E-state index is -3.10. The molecule has 0 aromatic carbocycles. The Morgan fingerprint density at radius 1 is 1.16 bits per heavy atom. The van der Waals surface area contributed by atoms with E-state index in [4.69, 9.17) is 0 Å². The Kier molecular flexibility index (Phi) is 4.90. The second-order valence-electron chi connectivity index (χ2n) is 6.81. The SMILES string of the molecule is CC1(C)CCCC1NS(=O)(=O)CCCCNC1CC1. The maximum absolute atomic E-state index is 12.1. The van der Waals surface area contributed by atoms with Gasteiger partial charge in [0.05, 0.1) is 5.75 Å². The lowest BCUT2D eigenvalue weighted by Gasteiger charge is -2.27. The van der Waals surface area contributed by atoms with Gasteiger partial charge in [0.15, 0.2) is 0 Å². The first-order chi connectivity index (χ1) is 8.89. The molecule has 0 spiro atoms. The lowest BCUT2D eigenvalue weighted by Crippen LogP contribution is -2.42. The van der Waals surface area contributed by atoms with Crippen LogP contribution in [0.4, 0.5) is 0 Å². The molecule has 2 rings (SSSR count). The second kappa shape index (κ2) is 6.10. The fourth-order valence-corrected chi connectivity index (χ4v) is 4.40. The molecule has 5 heteroatoms. The highest BCUT2D eigenvalue weighted by molar-refractivity contribution is 7.89. The normalized spacial score (nSPS) is 26.7. The van der Waals surface area contributed by atoms with Crippen LogP contribution in [0.15, 0.2) is 0 Å². The molecule has 0 radical (unpaired) electrons. The monoisotopic (exact) mass is 288 g/mol. The van der Waals surface area contributed by atoms with Crippen LogP contribution in [0.1, 0.15) is 58.8 Å². The van der Waals surface area contributed by atoms with Gasteiger partial charge in [0.25, 0.3) is 0 Å². The van der Waals surface area contributed by atoms with Gasteiger partial charge in [-0.05, 0) is 50.5 Å². The quantitative estimate of drug-likeness (QED) is 0.672. The predicted octanol–water partition coefficient (Wildman–Crippen LogP) is 2.02. The van der Waals surface area contributed by atoms with E-state index >= 15 is 0 Å². The van der Waals surface area contributed by atoms with E-state index < -0.39 is 10.0 Å². The van der Waals surface area contributed by atoms with E-state index in [1.54, 1.807) is 0 Å². The van der Waals surface area contributed by atoms with Gasteiger partial charge in [0.2, 0.25) is 10.0 Å². The lowest BCUT2D eigenvalue weighted by atomic mass is 9.88. The van der Waals surface area contributed by atoms with Gasteiger partial charge in [0.1, 0.15) is 0 Å². The molecule has 19 heavy (non-hydrogen) atoms. The molecule has 2 N–H and O–H groups in total. The Morgan fingerprint density at radius 3 is 2.47 bits per heavy atom. The van der Waals surface area contributed by atoms with Crippen molar-refractivity contribution < 1.29 is 8.42 Å². The molecule has 2 aliphatic rings. The standard InChI is InChI=1S/C14H28N2O2S/c1-14(2)9-5-6-13(14)16-19(17,18)11-4-3-10-15-12-7-8-12/h12-13,15-16H,3-11H2,1-2H3. The molecule has 2 saturated carbocycles. The van der Waals surface area contributed by atoms with Crippen LogP contribution >= 0.6 is 0 Å². The summed E-state index contributed by atoms with van der Waals surface area (Å²) in [6.07, 6.45) is 7.51. The van der Waals surface area contributed by atoms with E-state index in [2.05, 4.69) is 23.9 Å². The molecule has 0 saturated heterocycles. The van der Waals surface area contributed by atoms with Gasteiger partial charge >= 0.3 is 0 Å². The number of sulfonamides is 1. The number of hydrogen-bond donors (Lipinski definition) is 2. The van der Waals surface area contributed by atoms with Gasteiger partial charge < -0.3 is 5.32 Å². The molecule has 0 heterocycles. The maximum Gasteiger partial charge on any atom is 0.211 e. The Morgan fingerprint density at radius 2 is 1.89 bits per heavy atom. The third-order valence-corrected chi connectivity index (χ3v) is 5.90. The molecule has 0 aliphatic heterocycles. The molecule has 2 aliphatic carbocycles. The molecule has 2 fully saturated rings. The minimum Gasteiger partial charge on any atom is -0.314 e. The van der Waals surface area contributed by atoms with Crippen LogP contribution in [0.2, 0.25) is 0 Å². The van der Waals surface area contributed by atoms with Crippen LogP contribution in [-0.2, 0) is 10.0 Å². The maximum atomic E-state index is 12.1. The highest BCUT2D eigenvalue weighted by Crippen LogP contribution is 2.37. The second-order valence-corrected chi connectivity index (χ2v) is 8.68. The summed E-state index contributed by atoms with van der Waals surface area (Å²) in [5.74, 6) is 0.270. The van der Waals surface area contributed by atoms with Gasteiger partial charge in [-0.2, -0.15) is 0 Å². The van der Waals surface area contributed by atoms with E-state index in [-0.39, 0.29) is 17.2 Å². The van der Waals surface area contributed by atoms with Crippen molar-refractivity contribution in [1.29, 1.82) is 0 Å². The third-order valence-electron chi connectivity index (χ3n) is 4.43. The van der Waals surface area contributed by atoms with E-state index in [1.807, 2.05) is 0 Å². The number of unbranched alkanes of at least 4 members (excludes halogenated alkanes) is 1. The zero-order valence-corrected chi connectivity index (χ0v) is 13.1. The number of nitrogens with one attached hydrogen (secondary N) is 2. The molecule has 112 valence electrons. The van der Waals surface area contributed by atoms with Crippen molar-refractivity contribution in [3.63, 3.8) is 0 Å². The van der Waals surface area contributed by atoms with Crippen LogP contribution in [-0.4, -0.2) is 32.8 Å². The van der Waals surface area contributed by atoms with Crippen LogP contribution in [0, 0.1) is 5.41 Å². The summed E-state index contributed by atoms with van der Waals surface area (Å²) in [6, 6.07) is 0.844. The summed E-state index contributed by atoms with van der Waals surface area (Å²) in [7, 11) is -3.10. The predicted molar refractivity (Wildman–Crippen MR) is 78.6 cm³/mol. The Balaban J connectivity index is 1.66. The van der Waals surface area contributed by atoms with Crippen LogP contribution < -0.4 is 10.0 Å². The van der Waals surface area contributed by atoms with Crippen molar-refractivity contribution in [1.82, 2.24) is 10.0 Å². The van der Waals surface area contributed by atoms with Gasteiger partial charge in [-0.15, -0.1) is 0 Å². The summed E-state index contributed by atoms with van der Waals surface area (Å²) in [6.45, 7) is 5.27. The smallest absolute Gasteiger partial charge is 0.211 e. The van der Waals surface area contributed by atoms with E-state index in [9.17, 15) is 8.42 Å². The van der Waals surface area contributed by atoms with Crippen molar-refractivity contribution in [2.75, 3.05) is 12.3 Å². The first kappa shape index (κ1) is 15.3. The van der Waals surface area contributed by atoms with Crippen molar-refractivity contribution >= 4 is 10.0 Å². The fourth-order valence-electron chi connectivity index (χ4n) is 2.83. The Bertz CT molecular complexity index is 388. The average molecular weight is 288 g/mol. The van der Waals surface area contributed by atoms with Gasteiger partial charge in [-0.3, -0.25) is 0 Å². The van der Waals surface area contributed by atoms with Crippen molar-refractivity contribution in [3.05, 3.63) is 0 Å². The van der Waals surface area contributed by atoms with E-state index in [0.29, 0.717) is 6.04 Å². The summed E-state index contributed by atoms with van der Waals surface area (Å²) in [5, 5.41) is 3.41. The largest absolute Gasteiger partial charge is 0.314 e. The van der Waals surface area contributed by atoms with Gasteiger partial charge in [-0.1, -0.05) is 20.3 Å². The average Bonchev–Trinajstić information content (AvgIpc) is 3.05. The zero-order valence-electron chi connectivity index (χ0n) is 12.2. The summed E-state index contributed by atoms with van der Waals surface area (Å²) < 4.78 is 27.0. The van der Waals surface area contributed by atoms with E-state index in [1.165, 1.54) is 12.8 Å². The highest BCUT2D eigenvalue weighted by Gasteiger charge is 2.36. The molecule has 1 atom stereocenters. The molecule has 0 bridgehead atoms. The molecule has 1 unspecified atom stereocenters. The Hall–Kier alpha value is -0.130. The number of hydrogen-bond acceptors (Lipinski definition) is 3. The molecule has 0 amide bonds. The van der Waals surface area contributed by atoms with Crippen molar-refractivity contribution in [2.24, 2.45) is 5.41 Å². The minimum absolute atomic E-state index is 0.112. The van der Waals surface area contributed by atoms with Crippen LogP contribution in [0.25, 0.3) is 0 Å². The van der Waals surface area contributed by atoms with Crippen LogP contribution in [0.3, 0.4) is 0 Å². The fraction of sp³-hybridized carbons (Fsp3) is 1.00. The summed E-state index contributed by atoms with van der Waals surface area (Å²) in [5.41, 5.74) is 0.112. The molecule has 0 aromatic rings. The van der Waals surface area contributed by atoms with Crippen LogP contribution in [0.5, 0.6) is 0 Å². The van der Waals surface area contributed by atoms with Gasteiger partial charge in [-0.25, -0.2) is 13.1 Å². The lowest BCUT2D eigenvalue weighted by molar-refractivity contribution is 0.313. The van der Waals surface area contributed by atoms with E-state index in [0.717, 1.165) is 38.6 Å². The molecular weight excluding hydrogens is 260 g/mol.